The molecule has 0 radical (unpaired) electrons. The van der Waals surface area contributed by atoms with E-state index in [-0.39, 0.29) is 12.5 Å². The largest absolute Gasteiger partial charge is 0.457 e. The highest BCUT2D eigenvalue weighted by atomic mass is 16.5. The fraction of sp³-hybridized carbons (Fsp3) is 0.824. The van der Waals surface area contributed by atoms with Crippen LogP contribution in [-0.4, -0.2) is 80.1 Å². The standard InChI is InChI=1S/C17H32N4O4/c1-3-9-21(11-6-8-19-14-18-4-2)16(23)17(24)25-13-12-20-10-5-7-15(20)22/h18-19H,3-14H2,1-2H3. The zero-order chi connectivity index (χ0) is 18.5. The summed E-state index contributed by atoms with van der Waals surface area (Å²) in [6.07, 6.45) is 2.95. The second-order valence-electron chi connectivity index (χ2n) is 6.05. The van der Waals surface area contributed by atoms with E-state index in [1.165, 1.54) is 4.90 Å². The first-order valence-corrected chi connectivity index (χ1v) is 9.25. The van der Waals surface area contributed by atoms with Gasteiger partial charge in [-0.05, 0) is 32.4 Å². The average molecular weight is 356 g/mol. The number of carbonyl (C=O) groups is 3. The van der Waals surface area contributed by atoms with Crippen molar-refractivity contribution in [3.8, 4) is 0 Å². The summed E-state index contributed by atoms with van der Waals surface area (Å²) < 4.78 is 5.05. The van der Waals surface area contributed by atoms with Crippen molar-refractivity contribution in [2.45, 2.75) is 39.5 Å². The number of carbonyl (C=O) groups excluding carboxylic acids is 3. The Balaban J connectivity index is 2.27. The first-order chi connectivity index (χ1) is 12.1. The van der Waals surface area contributed by atoms with Gasteiger partial charge in [0.05, 0.1) is 6.54 Å². The number of amides is 2. The lowest BCUT2D eigenvalue weighted by Gasteiger charge is -2.21. The van der Waals surface area contributed by atoms with Crippen molar-refractivity contribution in [3.63, 3.8) is 0 Å². The summed E-state index contributed by atoms with van der Waals surface area (Å²) in [6, 6.07) is 0. The van der Waals surface area contributed by atoms with Crippen molar-refractivity contribution in [1.29, 1.82) is 0 Å². The number of nitrogens with zero attached hydrogens (tertiary/aromatic N) is 2. The van der Waals surface area contributed by atoms with Crippen LogP contribution in [0, 0.1) is 0 Å². The van der Waals surface area contributed by atoms with Crippen molar-refractivity contribution >= 4 is 17.8 Å². The maximum atomic E-state index is 12.2. The molecule has 1 fully saturated rings. The summed E-state index contributed by atoms with van der Waals surface area (Å²) in [6.45, 7) is 8.59. The van der Waals surface area contributed by atoms with Crippen LogP contribution in [0.25, 0.3) is 0 Å². The molecule has 0 unspecified atom stereocenters. The van der Waals surface area contributed by atoms with Crippen molar-refractivity contribution in [2.24, 2.45) is 0 Å². The Hall–Kier alpha value is -1.67. The van der Waals surface area contributed by atoms with Crippen molar-refractivity contribution in [1.82, 2.24) is 20.4 Å². The molecule has 25 heavy (non-hydrogen) atoms. The van der Waals surface area contributed by atoms with Crippen LogP contribution in [0.3, 0.4) is 0 Å². The number of esters is 1. The molecule has 8 nitrogen and oxygen atoms in total. The van der Waals surface area contributed by atoms with Crippen LogP contribution in [0.2, 0.25) is 0 Å². The van der Waals surface area contributed by atoms with Crippen molar-refractivity contribution in [2.75, 3.05) is 52.5 Å². The topological polar surface area (TPSA) is 91.0 Å². The smallest absolute Gasteiger partial charge is 0.397 e. The Labute approximate surface area is 150 Å². The van der Waals surface area contributed by atoms with E-state index in [1.54, 1.807) is 4.90 Å². The molecule has 1 heterocycles. The van der Waals surface area contributed by atoms with Gasteiger partial charge in [0.2, 0.25) is 5.91 Å². The van der Waals surface area contributed by atoms with Gasteiger partial charge in [0, 0.05) is 32.7 Å². The number of hydrogen-bond acceptors (Lipinski definition) is 6. The Morgan fingerprint density at radius 3 is 2.68 bits per heavy atom. The van der Waals surface area contributed by atoms with Crippen LogP contribution >= 0.6 is 0 Å². The number of ether oxygens (including phenoxy) is 1. The predicted octanol–water partition coefficient (Wildman–Crippen LogP) is -0.0627. The molecule has 1 aliphatic heterocycles. The first-order valence-electron chi connectivity index (χ1n) is 9.25. The molecule has 0 saturated carbocycles. The highest BCUT2D eigenvalue weighted by Crippen LogP contribution is 2.08. The summed E-state index contributed by atoms with van der Waals surface area (Å²) in [5, 5.41) is 6.38. The quantitative estimate of drug-likeness (QED) is 0.220. The molecule has 8 heteroatoms. The third kappa shape index (κ3) is 8.31. The van der Waals surface area contributed by atoms with Crippen LogP contribution in [-0.2, 0) is 19.1 Å². The van der Waals surface area contributed by atoms with E-state index in [2.05, 4.69) is 10.6 Å². The second-order valence-corrected chi connectivity index (χ2v) is 6.05. The minimum atomic E-state index is -0.833. The van der Waals surface area contributed by atoms with Gasteiger partial charge >= 0.3 is 11.9 Å². The molecule has 0 aromatic carbocycles. The highest BCUT2D eigenvalue weighted by molar-refractivity contribution is 6.32. The van der Waals surface area contributed by atoms with Gasteiger partial charge in [-0.2, -0.15) is 0 Å². The molecule has 0 aromatic heterocycles. The second kappa shape index (κ2) is 12.7. The molecule has 0 aromatic rings. The van der Waals surface area contributed by atoms with Gasteiger partial charge < -0.3 is 25.2 Å². The number of nitrogens with one attached hydrogen (secondary N) is 2. The minimum absolute atomic E-state index is 0.0700. The van der Waals surface area contributed by atoms with E-state index in [0.717, 1.165) is 39.0 Å². The summed E-state index contributed by atoms with van der Waals surface area (Å²) in [5.41, 5.74) is 0. The van der Waals surface area contributed by atoms with E-state index >= 15 is 0 Å². The maximum absolute atomic E-state index is 12.2. The molecule has 144 valence electrons. The molecular formula is C17H32N4O4. The number of hydrogen-bond donors (Lipinski definition) is 2. The highest BCUT2D eigenvalue weighted by Gasteiger charge is 2.24. The van der Waals surface area contributed by atoms with Crippen molar-refractivity contribution in [3.05, 3.63) is 0 Å². The van der Waals surface area contributed by atoms with Crippen LogP contribution in [0.1, 0.15) is 39.5 Å². The number of rotatable bonds is 12. The molecule has 1 saturated heterocycles. The molecule has 0 atom stereocenters. The van der Waals surface area contributed by atoms with Crippen LogP contribution in [0.5, 0.6) is 0 Å². The monoisotopic (exact) mass is 356 g/mol. The Bertz CT molecular complexity index is 431. The summed E-state index contributed by atoms with van der Waals surface area (Å²) in [7, 11) is 0. The summed E-state index contributed by atoms with van der Waals surface area (Å²) in [5.74, 6) is -1.35. The molecule has 2 amide bonds. The van der Waals surface area contributed by atoms with Gasteiger partial charge in [-0.25, -0.2) is 4.79 Å². The summed E-state index contributed by atoms with van der Waals surface area (Å²) in [4.78, 5) is 38.9. The fourth-order valence-electron chi connectivity index (χ4n) is 2.66. The van der Waals surface area contributed by atoms with E-state index in [1.807, 2.05) is 13.8 Å². The molecule has 2 N–H and O–H groups in total. The maximum Gasteiger partial charge on any atom is 0.397 e. The average Bonchev–Trinajstić information content (AvgIpc) is 3.01. The fourth-order valence-corrected chi connectivity index (χ4v) is 2.66. The molecule has 1 rings (SSSR count). The molecule has 0 bridgehead atoms. The molecule has 0 aliphatic carbocycles. The Morgan fingerprint density at radius 1 is 1.24 bits per heavy atom. The SMILES string of the molecule is CCCN(CCCNCNCC)C(=O)C(=O)OCCN1CCCC1=O. The van der Waals surface area contributed by atoms with Crippen LogP contribution in [0.15, 0.2) is 0 Å². The van der Waals surface area contributed by atoms with Crippen LogP contribution in [0.4, 0.5) is 0 Å². The van der Waals surface area contributed by atoms with Crippen molar-refractivity contribution < 1.29 is 19.1 Å². The van der Waals surface area contributed by atoms with Gasteiger partial charge in [-0.1, -0.05) is 13.8 Å². The first kappa shape index (κ1) is 21.4. The van der Waals surface area contributed by atoms with Gasteiger partial charge in [-0.3, -0.25) is 9.59 Å². The van der Waals surface area contributed by atoms with E-state index in [9.17, 15) is 14.4 Å². The zero-order valence-electron chi connectivity index (χ0n) is 15.5. The lowest BCUT2D eigenvalue weighted by Crippen LogP contribution is -2.41. The minimum Gasteiger partial charge on any atom is -0.457 e. The molecular weight excluding hydrogens is 324 g/mol. The normalized spacial score (nSPS) is 14.0. The third-order valence-electron chi connectivity index (χ3n) is 4.00. The van der Waals surface area contributed by atoms with Gasteiger partial charge in [-0.15, -0.1) is 0 Å². The van der Waals surface area contributed by atoms with Gasteiger partial charge in [0.25, 0.3) is 0 Å². The van der Waals surface area contributed by atoms with E-state index in [0.29, 0.717) is 32.6 Å². The lowest BCUT2D eigenvalue weighted by atomic mass is 10.3. The third-order valence-corrected chi connectivity index (χ3v) is 4.00. The molecule has 1 aliphatic rings. The Kier molecular flexibility index (Phi) is 10.8. The van der Waals surface area contributed by atoms with Gasteiger partial charge in [0.15, 0.2) is 0 Å². The van der Waals surface area contributed by atoms with Gasteiger partial charge in [0.1, 0.15) is 6.61 Å². The predicted molar refractivity (Wildman–Crippen MR) is 94.8 cm³/mol. The number of likely N-dealkylation sites (tertiary alicyclic amines) is 1. The van der Waals surface area contributed by atoms with E-state index < -0.39 is 11.9 Å². The summed E-state index contributed by atoms with van der Waals surface area (Å²) >= 11 is 0. The Morgan fingerprint density at radius 2 is 2.04 bits per heavy atom. The molecule has 0 spiro atoms. The van der Waals surface area contributed by atoms with Crippen LogP contribution < -0.4 is 10.6 Å². The zero-order valence-corrected chi connectivity index (χ0v) is 15.5. The lowest BCUT2D eigenvalue weighted by molar-refractivity contribution is -0.160. The van der Waals surface area contributed by atoms with E-state index in [4.69, 9.17) is 4.74 Å².